The fourth-order valence-corrected chi connectivity index (χ4v) is 3.38. The van der Waals surface area contributed by atoms with E-state index >= 15 is 0 Å². The van der Waals surface area contributed by atoms with Crippen LogP contribution in [0.5, 0.6) is 0 Å². The van der Waals surface area contributed by atoms with Crippen LogP contribution in [0.4, 0.5) is 22.4 Å². The Morgan fingerprint density at radius 1 is 1.14 bits per heavy atom. The third-order valence-corrected chi connectivity index (χ3v) is 4.75. The van der Waals surface area contributed by atoms with Crippen molar-refractivity contribution in [1.82, 2.24) is 10.3 Å². The number of thioether (sulfide) groups is 1. The number of aromatic nitrogens is 1. The average Bonchev–Trinajstić information content (AvgIpc) is 3.16. The Bertz CT molecular complexity index is 1170. The van der Waals surface area contributed by atoms with Crippen LogP contribution < -0.4 is 5.32 Å². The molecule has 2 aromatic heterocycles. The fraction of sp³-hybridized carbons (Fsp3) is 0.0556. The van der Waals surface area contributed by atoms with Crippen molar-refractivity contribution in [1.29, 1.82) is 0 Å². The lowest BCUT2D eigenvalue weighted by molar-refractivity contribution is -0.140. The number of halogens is 4. The van der Waals surface area contributed by atoms with Crippen LogP contribution in [0.2, 0.25) is 0 Å². The smallest absolute Gasteiger partial charge is 0.419 e. The lowest BCUT2D eigenvalue weighted by Gasteiger charge is -2.10. The van der Waals surface area contributed by atoms with Crippen molar-refractivity contribution in [2.75, 3.05) is 0 Å². The molecule has 3 heterocycles. The number of hydrogen-bond acceptors (Lipinski definition) is 5. The third kappa shape index (κ3) is 3.26. The number of nitrogens with one attached hydrogen (secondary N) is 1. The number of hydrogen-bond donors (Lipinski definition) is 1. The number of nitrogens with zero attached hydrogens (tertiary/aromatic N) is 1. The Morgan fingerprint density at radius 3 is 2.61 bits per heavy atom. The number of pyridine rings is 1. The second-order valence-corrected chi connectivity index (χ2v) is 6.81. The monoisotopic (exact) mass is 408 g/mol. The fourth-order valence-electron chi connectivity index (χ4n) is 2.72. The zero-order valence-corrected chi connectivity index (χ0v) is 14.5. The van der Waals surface area contributed by atoms with Gasteiger partial charge in [0.15, 0.2) is 0 Å². The summed E-state index contributed by atoms with van der Waals surface area (Å²) in [4.78, 5) is 27.0. The van der Waals surface area contributed by atoms with Gasteiger partial charge in [0.05, 0.1) is 10.5 Å². The molecule has 10 heteroatoms. The van der Waals surface area contributed by atoms with Crippen LogP contribution >= 0.6 is 11.8 Å². The first kappa shape index (κ1) is 18.2. The van der Waals surface area contributed by atoms with Gasteiger partial charge < -0.3 is 4.42 Å². The van der Waals surface area contributed by atoms with Gasteiger partial charge in [-0.25, -0.2) is 4.39 Å². The van der Waals surface area contributed by atoms with Gasteiger partial charge in [0.2, 0.25) is 0 Å². The van der Waals surface area contributed by atoms with Gasteiger partial charge >= 0.3 is 6.18 Å². The SMILES string of the molecule is O=C1NC(=O)C(=Cc2cc3cncc(-c4ccc(F)c(C(F)(F)F)c4)c3o2)S1. The molecule has 1 N–H and O–H groups in total. The number of alkyl halides is 3. The highest BCUT2D eigenvalue weighted by molar-refractivity contribution is 8.18. The molecule has 0 radical (unpaired) electrons. The van der Waals surface area contributed by atoms with Crippen LogP contribution in [-0.4, -0.2) is 16.1 Å². The van der Waals surface area contributed by atoms with Gasteiger partial charge in [-0.3, -0.25) is 19.9 Å². The number of rotatable bonds is 2. The lowest BCUT2D eigenvalue weighted by Crippen LogP contribution is -2.17. The van der Waals surface area contributed by atoms with Gasteiger partial charge in [-0.05, 0) is 35.5 Å². The van der Waals surface area contributed by atoms with Crippen molar-refractivity contribution in [2.24, 2.45) is 0 Å². The van der Waals surface area contributed by atoms with Crippen LogP contribution in [0.3, 0.4) is 0 Å². The molecule has 0 bridgehead atoms. The van der Waals surface area contributed by atoms with E-state index in [-0.39, 0.29) is 27.4 Å². The van der Waals surface area contributed by atoms with Gasteiger partial charge in [-0.15, -0.1) is 0 Å². The quantitative estimate of drug-likeness (QED) is 0.479. The molecular formula is C18H8F4N2O3S. The summed E-state index contributed by atoms with van der Waals surface area (Å²) in [6.07, 6.45) is -0.761. The Labute approximate surface area is 158 Å². The minimum atomic E-state index is -4.85. The molecule has 4 rings (SSSR count). The standard InChI is InChI=1S/C18H8F4N2O3S/c19-13-2-1-8(4-12(13)18(20,21)22)11-7-23-6-9-3-10(27-15(9)11)5-14-16(25)24-17(26)28-14/h1-7H,(H,24,25,26). The summed E-state index contributed by atoms with van der Waals surface area (Å²) in [5.41, 5.74) is -0.874. The summed E-state index contributed by atoms with van der Waals surface area (Å²) in [6.45, 7) is 0. The molecule has 0 atom stereocenters. The van der Waals surface area contributed by atoms with E-state index in [2.05, 4.69) is 10.3 Å². The summed E-state index contributed by atoms with van der Waals surface area (Å²) >= 11 is 0.705. The minimum Gasteiger partial charge on any atom is -0.456 e. The summed E-state index contributed by atoms with van der Waals surface area (Å²) in [6, 6.07) is 4.14. The molecule has 0 saturated carbocycles. The Hall–Kier alpha value is -3.14. The van der Waals surface area contributed by atoms with E-state index in [1.807, 2.05) is 0 Å². The minimum absolute atomic E-state index is 0.0727. The number of amides is 2. The van der Waals surface area contributed by atoms with Crippen LogP contribution in [-0.2, 0) is 11.0 Å². The number of imide groups is 1. The van der Waals surface area contributed by atoms with E-state index in [1.54, 1.807) is 0 Å². The molecule has 1 aliphatic heterocycles. The Kier molecular flexibility index (Phi) is 4.22. The molecule has 0 unspecified atom stereocenters. The highest BCUT2D eigenvalue weighted by Crippen LogP contribution is 2.37. The van der Waals surface area contributed by atoms with Crippen molar-refractivity contribution in [3.05, 3.63) is 58.7 Å². The molecule has 3 aromatic rings. The van der Waals surface area contributed by atoms with Gasteiger partial charge in [0.25, 0.3) is 11.1 Å². The largest absolute Gasteiger partial charge is 0.456 e. The number of furan rings is 1. The van der Waals surface area contributed by atoms with Gasteiger partial charge in [0.1, 0.15) is 17.2 Å². The maximum Gasteiger partial charge on any atom is 0.419 e. The Morgan fingerprint density at radius 2 is 1.93 bits per heavy atom. The first-order valence-electron chi connectivity index (χ1n) is 7.72. The summed E-state index contributed by atoms with van der Waals surface area (Å²) < 4.78 is 58.2. The van der Waals surface area contributed by atoms with Crippen LogP contribution in [0.1, 0.15) is 11.3 Å². The highest BCUT2D eigenvalue weighted by Gasteiger charge is 2.34. The van der Waals surface area contributed by atoms with Crippen LogP contribution in [0, 0.1) is 5.82 Å². The number of carbonyl (C=O) groups excluding carboxylic acids is 2. The van der Waals surface area contributed by atoms with Crippen molar-refractivity contribution < 1.29 is 31.6 Å². The van der Waals surface area contributed by atoms with Gasteiger partial charge in [-0.2, -0.15) is 13.2 Å². The predicted molar refractivity (Wildman–Crippen MR) is 93.5 cm³/mol. The summed E-state index contributed by atoms with van der Waals surface area (Å²) in [5.74, 6) is -1.73. The molecule has 1 saturated heterocycles. The zero-order valence-electron chi connectivity index (χ0n) is 13.6. The molecule has 5 nitrogen and oxygen atoms in total. The first-order chi connectivity index (χ1) is 13.2. The first-order valence-corrected chi connectivity index (χ1v) is 8.53. The lowest BCUT2D eigenvalue weighted by atomic mass is 10.0. The van der Waals surface area contributed by atoms with Crippen LogP contribution in [0.25, 0.3) is 28.2 Å². The molecule has 1 aromatic carbocycles. The molecule has 1 fully saturated rings. The molecule has 28 heavy (non-hydrogen) atoms. The maximum atomic E-state index is 13.6. The van der Waals surface area contributed by atoms with E-state index in [0.29, 0.717) is 23.2 Å². The molecule has 142 valence electrons. The molecule has 0 spiro atoms. The summed E-state index contributed by atoms with van der Waals surface area (Å²) in [5, 5.41) is 2.06. The molecular weight excluding hydrogens is 400 g/mol. The maximum absolute atomic E-state index is 13.6. The zero-order chi connectivity index (χ0) is 20.1. The highest BCUT2D eigenvalue weighted by atomic mass is 32.2. The van der Waals surface area contributed by atoms with Crippen molar-refractivity contribution >= 4 is 40.0 Å². The average molecular weight is 408 g/mol. The van der Waals surface area contributed by atoms with E-state index < -0.39 is 28.7 Å². The van der Waals surface area contributed by atoms with E-state index in [4.69, 9.17) is 4.42 Å². The van der Waals surface area contributed by atoms with Crippen molar-refractivity contribution in [3.63, 3.8) is 0 Å². The van der Waals surface area contributed by atoms with Crippen LogP contribution in [0.15, 0.2) is 46.0 Å². The second kappa shape index (κ2) is 6.48. The summed E-state index contributed by atoms with van der Waals surface area (Å²) in [7, 11) is 0. The molecule has 1 aliphatic rings. The van der Waals surface area contributed by atoms with Gasteiger partial charge in [-0.1, -0.05) is 6.07 Å². The Balaban J connectivity index is 1.82. The predicted octanol–water partition coefficient (Wildman–Crippen LogP) is 4.98. The number of fused-ring (bicyclic) bond motifs is 1. The topological polar surface area (TPSA) is 72.2 Å². The number of benzene rings is 1. The number of carbonyl (C=O) groups is 2. The van der Waals surface area contributed by atoms with E-state index in [0.717, 1.165) is 6.07 Å². The molecule has 2 amide bonds. The second-order valence-electron chi connectivity index (χ2n) is 5.80. The third-order valence-electron chi connectivity index (χ3n) is 3.94. The van der Waals surface area contributed by atoms with Gasteiger partial charge in [0, 0.05) is 29.4 Å². The molecule has 0 aliphatic carbocycles. The van der Waals surface area contributed by atoms with Crippen molar-refractivity contribution in [2.45, 2.75) is 6.18 Å². The van der Waals surface area contributed by atoms with E-state index in [1.165, 1.54) is 30.6 Å². The van der Waals surface area contributed by atoms with Crippen molar-refractivity contribution in [3.8, 4) is 11.1 Å². The normalized spacial score (nSPS) is 16.2. The van der Waals surface area contributed by atoms with E-state index in [9.17, 15) is 27.2 Å².